The van der Waals surface area contributed by atoms with Crippen molar-refractivity contribution in [2.45, 2.75) is 70.7 Å². The summed E-state index contributed by atoms with van der Waals surface area (Å²) in [6, 6.07) is 10.5. The van der Waals surface area contributed by atoms with Crippen molar-refractivity contribution >= 4 is 28.8 Å². The molecule has 1 saturated carbocycles. The normalized spacial score (nSPS) is 21.5. The maximum atomic E-state index is 11.6. The van der Waals surface area contributed by atoms with E-state index >= 15 is 0 Å². The Morgan fingerprint density at radius 2 is 1.75 bits per heavy atom. The van der Waals surface area contributed by atoms with Crippen LogP contribution in [0.2, 0.25) is 0 Å². The zero-order valence-electron chi connectivity index (χ0n) is 25.5. The molecule has 3 heterocycles. The van der Waals surface area contributed by atoms with Crippen LogP contribution in [0.5, 0.6) is 5.75 Å². The van der Waals surface area contributed by atoms with Gasteiger partial charge in [0.1, 0.15) is 11.4 Å². The van der Waals surface area contributed by atoms with Crippen LogP contribution in [0.1, 0.15) is 55.1 Å². The molecule has 5 rings (SSSR count). The largest absolute Gasteiger partial charge is 0.497 e. The molecule has 3 aromatic rings. The Kier molecular flexibility index (Phi) is 9.67. The molecule has 0 bridgehead atoms. The Morgan fingerprint density at radius 3 is 2.30 bits per heavy atom. The van der Waals surface area contributed by atoms with Gasteiger partial charge in [0.2, 0.25) is 0 Å². The van der Waals surface area contributed by atoms with Crippen LogP contribution in [0, 0.1) is 25.7 Å². The highest BCUT2D eigenvalue weighted by atomic mass is 16.5. The van der Waals surface area contributed by atoms with E-state index in [9.17, 15) is 19.5 Å². The van der Waals surface area contributed by atoms with Crippen molar-refractivity contribution in [1.29, 1.82) is 0 Å². The molecule has 12 heteroatoms. The minimum absolute atomic E-state index is 0.247. The van der Waals surface area contributed by atoms with E-state index in [2.05, 4.69) is 46.5 Å². The lowest BCUT2D eigenvalue weighted by Gasteiger charge is -2.30. The molecule has 0 spiro atoms. The van der Waals surface area contributed by atoms with Crippen LogP contribution in [-0.4, -0.2) is 83.7 Å². The van der Waals surface area contributed by atoms with Crippen molar-refractivity contribution in [1.82, 2.24) is 14.5 Å². The molecular formula is C32H41N3O9. The molecule has 2 aromatic heterocycles. The lowest BCUT2D eigenvalue weighted by atomic mass is 9.85. The summed E-state index contributed by atoms with van der Waals surface area (Å²) in [6.45, 7) is 10.3. The zero-order chi connectivity index (χ0) is 32.4. The number of nitrogens with zero attached hydrogens (tertiary/aromatic N) is 3. The SMILES string of the molecule is CCn1c(C)c(CN2C[C@H]3CC[C@](O)(c4ccc(C)cn4)[C@H]3C2)c2cc(OC)ccc21.O=C(O)CC(O)(CC(=O)O)C(=O)O. The third-order valence-electron chi connectivity index (χ3n) is 9.03. The third kappa shape index (κ3) is 6.57. The molecule has 1 aliphatic heterocycles. The number of rotatable bonds is 10. The summed E-state index contributed by atoms with van der Waals surface area (Å²) < 4.78 is 7.91. The quantitative estimate of drug-likeness (QED) is 0.227. The number of carbonyl (C=O) groups is 3. The van der Waals surface area contributed by atoms with Gasteiger partial charge in [0.15, 0.2) is 5.60 Å². The zero-order valence-corrected chi connectivity index (χ0v) is 25.5. The van der Waals surface area contributed by atoms with Crippen molar-refractivity contribution in [2.24, 2.45) is 11.8 Å². The van der Waals surface area contributed by atoms with Gasteiger partial charge in [-0.25, -0.2) is 4.79 Å². The Balaban J connectivity index is 0.000000289. The monoisotopic (exact) mass is 611 g/mol. The Labute approximate surface area is 255 Å². The Bertz CT molecular complexity index is 1520. The minimum atomic E-state index is -2.74. The number of hydrogen-bond donors (Lipinski definition) is 5. The van der Waals surface area contributed by atoms with E-state index in [4.69, 9.17) is 25.2 Å². The number of aromatic nitrogens is 2. The van der Waals surface area contributed by atoms with Gasteiger partial charge in [0, 0.05) is 54.9 Å². The molecule has 3 atom stereocenters. The number of fused-ring (bicyclic) bond motifs is 2. The number of aliphatic hydroxyl groups is 2. The predicted octanol–water partition coefficient (Wildman–Crippen LogP) is 3.16. The number of pyridine rings is 1. The molecule has 1 aromatic carbocycles. The van der Waals surface area contributed by atoms with Crippen LogP contribution in [0.4, 0.5) is 0 Å². The number of benzene rings is 1. The summed E-state index contributed by atoms with van der Waals surface area (Å²) in [5.41, 5.74) is 2.42. The van der Waals surface area contributed by atoms with E-state index in [1.165, 1.54) is 22.2 Å². The van der Waals surface area contributed by atoms with Crippen molar-refractivity contribution in [3.63, 3.8) is 0 Å². The average molecular weight is 612 g/mol. The van der Waals surface area contributed by atoms with Crippen LogP contribution in [0.25, 0.3) is 10.9 Å². The maximum Gasteiger partial charge on any atom is 0.336 e. The fourth-order valence-corrected chi connectivity index (χ4v) is 6.76. The van der Waals surface area contributed by atoms with Gasteiger partial charge < -0.3 is 34.8 Å². The summed E-state index contributed by atoms with van der Waals surface area (Å²) in [4.78, 5) is 37.6. The number of carboxylic acid groups (broad SMARTS) is 3. The van der Waals surface area contributed by atoms with E-state index < -0.39 is 42.0 Å². The molecular weight excluding hydrogens is 570 g/mol. The number of aryl methyl sites for hydroxylation is 2. The van der Waals surface area contributed by atoms with Crippen LogP contribution < -0.4 is 4.74 Å². The number of methoxy groups -OCH3 is 1. The van der Waals surface area contributed by atoms with Gasteiger partial charge in [-0.05, 0) is 74.9 Å². The number of hydrogen-bond acceptors (Lipinski definition) is 8. The molecule has 1 aliphatic carbocycles. The first-order valence-electron chi connectivity index (χ1n) is 14.6. The number of ether oxygens (including phenoxy) is 1. The topological polar surface area (TPSA) is 183 Å². The molecule has 5 N–H and O–H groups in total. The highest BCUT2D eigenvalue weighted by molar-refractivity contribution is 5.88. The smallest absolute Gasteiger partial charge is 0.336 e. The summed E-state index contributed by atoms with van der Waals surface area (Å²) in [5.74, 6) is -3.34. The third-order valence-corrected chi connectivity index (χ3v) is 9.03. The molecule has 44 heavy (non-hydrogen) atoms. The Morgan fingerprint density at radius 1 is 1.07 bits per heavy atom. The average Bonchev–Trinajstić information content (AvgIpc) is 3.59. The van der Waals surface area contributed by atoms with Crippen LogP contribution in [-0.2, 0) is 33.1 Å². The molecule has 2 aliphatic rings. The van der Waals surface area contributed by atoms with Crippen LogP contribution >= 0.6 is 0 Å². The predicted molar refractivity (Wildman–Crippen MR) is 160 cm³/mol. The van der Waals surface area contributed by atoms with Gasteiger partial charge in [-0.2, -0.15) is 0 Å². The highest BCUT2D eigenvalue weighted by Crippen LogP contribution is 2.50. The van der Waals surface area contributed by atoms with Crippen molar-refractivity contribution < 1.29 is 44.7 Å². The number of aliphatic carboxylic acids is 3. The second-order valence-corrected chi connectivity index (χ2v) is 11.9. The van der Waals surface area contributed by atoms with E-state index in [0.29, 0.717) is 5.92 Å². The summed E-state index contributed by atoms with van der Waals surface area (Å²) in [6.07, 6.45) is 1.47. The van der Waals surface area contributed by atoms with E-state index in [0.717, 1.165) is 56.0 Å². The maximum absolute atomic E-state index is 11.6. The highest BCUT2D eigenvalue weighted by Gasteiger charge is 2.53. The van der Waals surface area contributed by atoms with E-state index in [-0.39, 0.29) is 5.92 Å². The first kappa shape index (κ1) is 32.9. The molecule has 0 amide bonds. The van der Waals surface area contributed by atoms with Gasteiger partial charge in [-0.1, -0.05) is 6.07 Å². The Hall–Kier alpha value is -4.00. The molecule has 0 radical (unpaired) electrons. The van der Waals surface area contributed by atoms with Gasteiger partial charge in [-0.15, -0.1) is 0 Å². The minimum Gasteiger partial charge on any atom is -0.497 e. The molecule has 12 nitrogen and oxygen atoms in total. The second kappa shape index (κ2) is 12.9. The molecule has 238 valence electrons. The fourth-order valence-electron chi connectivity index (χ4n) is 6.76. The van der Waals surface area contributed by atoms with Gasteiger partial charge >= 0.3 is 17.9 Å². The van der Waals surface area contributed by atoms with Gasteiger partial charge in [-0.3, -0.25) is 19.5 Å². The van der Waals surface area contributed by atoms with Gasteiger partial charge in [0.05, 0.1) is 25.6 Å². The fraction of sp³-hybridized carbons (Fsp3) is 0.500. The second-order valence-electron chi connectivity index (χ2n) is 11.9. The van der Waals surface area contributed by atoms with Crippen LogP contribution in [0.15, 0.2) is 36.5 Å². The first-order valence-corrected chi connectivity index (χ1v) is 14.6. The number of carboxylic acids is 3. The lowest BCUT2D eigenvalue weighted by molar-refractivity contribution is -0.170. The molecule has 1 saturated heterocycles. The van der Waals surface area contributed by atoms with Crippen molar-refractivity contribution in [2.75, 3.05) is 20.2 Å². The van der Waals surface area contributed by atoms with Crippen molar-refractivity contribution in [3.05, 3.63) is 59.0 Å². The van der Waals surface area contributed by atoms with E-state index in [1.54, 1.807) is 7.11 Å². The summed E-state index contributed by atoms with van der Waals surface area (Å²) in [7, 11) is 1.73. The molecule has 0 unspecified atom stereocenters. The van der Waals surface area contributed by atoms with E-state index in [1.807, 2.05) is 25.3 Å². The first-order chi connectivity index (χ1) is 20.7. The van der Waals surface area contributed by atoms with Crippen molar-refractivity contribution in [3.8, 4) is 5.75 Å². The standard InChI is InChI=1S/C26H33N3O2.C6H8O7/c1-5-29-18(3)22(21-12-20(31-4)7-8-24(21)29)15-28-14-19-10-11-26(30,23(19)16-28)25-9-6-17(2)13-27-25;7-3(8)1-6(13,5(11)12)2-4(9)10/h6-9,12-13,19,23,30H,5,10-11,14-16H2,1-4H3;13H,1-2H2,(H,7,8)(H,9,10)(H,11,12)/t19-,23+,26-;/m1./s1. The lowest BCUT2D eigenvalue weighted by Crippen LogP contribution is -2.42. The number of likely N-dealkylation sites (tertiary alicyclic amines) is 1. The summed E-state index contributed by atoms with van der Waals surface area (Å²) >= 11 is 0. The summed E-state index contributed by atoms with van der Waals surface area (Å²) in [5, 5.41) is 46.7. The van der Waals surface area contributed by atoms with Crippen LogP contribution in [0.3, 0.4) is 0 Å². The molecule has 2 fully saturated rings. The van der Waals surface area contributed by atoms with Gasteiger partial charge in [0.25, 0.3) is 0 Å².